The van der Waals surface area contributed by atoms with Crippen LogP contribution in [-0.4, -0.2) is 33.4 Å². The third-order valence-corrected chi connectivity index (χ3v) is 4.67. The maximum Gasteiger partial charge on any atom is 0.231 e. The van der Waals surface area contributed by atoms with Gasteiger partial charge in [-0.3, -0.25) is 9.78 Å². The Hall–Kier alpha value is -2.38. The second-order valence-corrected chi connectivity index (χ2v) is 6.94. The van der Waals surface area contributed by atoms with Crippen molar-refractivity contribution in [1.82, 2.24) is 14.9 Å². The number of halogens is 1. The van der Waals surface area contributed by atoms with Gasteiger partial charge < -0.3 is 4.90 Å². The molecule has 1 saturated heterocycles. The Balaban J connectivity index is 1.79. The minimum absolute atomic E-state index is 0.123. The number of nitrogens with zero attached hydrogens (tertiary/aromatic N) is 3. The summed E-state index contributed by atoms with van der Waals surface area (Å²) in [4.78, 5) is 22.6. The molecule has 0 aliphatic carbocycles. The van der Waals surface area contributed by atoms with E-state index in [0.717, 1.165) is 23.2 Å². The van der Waals surface area contributed by atoms with Gasteiger partial charge in [0.15, 0.2) is 0 Å². The van der Waals surface area contributed by atoms with Crippen molar-refractivity contribution in [3.05, 3.63) is 58.6 Å². The molecule has 1 atom stereocenters. The maximum absolute atomic E-state index is 12.4. The van der Waals surface area contributed by atoms with Gasteiger partial charge in [0, 0.05) is 36.1 Å². The van der Waals surface area contributed by atoms with Crippen molar-refractivity contribution < 1.29 is 4.79 Å². The van der Waals surface area contributed by atoms with E-state index in [0.29, 0.717) is 5.15 Å². The van der Waals surface area contributed by atoms with Crippen LogP contribution in [0.2, 0.25) is 5.15 Å². The lowest BCUT2D eigenvalue weighted by molar-refractivity contribution is -0.130. The number of carbonyl (C=O) groups excluding carboxylic acids is 1. The molecule has 1 amide bonds. The van der Waals surface area contributed by atoms with Crippen molar-refractivity contribution in [3.63, 3.8) is 0 Å². The van der Waals surface area contributed by atoms with Crippen LogP contribution in [0.5, 0.6) is 0 Å². The van der Waals surface area contributed by atoms with Crippen molar-refractivity contribution in [1.29, 1.82) is 0 Å². The standard InChI is InChI=1S/C19H18ClN3O/c1-19(2)11-15(18(24)23(19)3)16-7-6-14(12-22-16)5-4-13-8-9-21-17(20)10-13/h6-10,12,15H,11H2,1-3H3/t15-/m1/s1. The minimum Gasteiger partial charge on any atom is -0.340 e. The molecule has 0 spiro atoms. The summed E-state index contributed by atoms with van der Waals surface area (Å²) in [6.45, 7) is 4.15. The highest BCUT2D eigenvalue weighted by atomic mass is 35.5. The number of pyridine rings is 2. The molecule has 0 saturated carbocycles. The first-order chi connectivity index (χ1) is 11.4. The normalized spacial score (nSPS) is 19.1. The molecule has 1 fully saturated rings. The number of likely N-dealkylation sites (tertiary alicyclic amines) is 1. The monoisotopic (exact) mass is 339 g/mol. The predicted molar refractivity (Wildman–Crippen MR) is 93.7 cm³/mol. The van der Waals surface area contributed by atoms with Crippen LogP contribution in [0, 0.1) is 11.8 Å². The highest BCUT2D eigenvalue weighted by molar-refractivity contribution is 6.29. The summed E-state index contributed by atoms with van der Waals surface area (Å²) in [5, 5.41) is 0.418. The van der Waals surface area contributed by atoms with Crippen LogP contribution >= 0.6 is 11.6 Å². The Morgan fingerprint density at radius 1 is 1.21 bits per heavy atom. The fraction of sp³-hybridized carbons (Fsp3) is 0.316. The molecule has 2 aromatic rings. The van der Waals surface area contributed by atoms with Gasteiger partial charge >= 0.3 is 0 Å². The van der Waals surface area contributed by atoms with E-state index in [4.69, 9.17) is 11.6 Å². The number of likely N-dealkylation sites (N-methyl/N-ethyl adjacent to an activating group) is 1. The average molecular weight is 340 g/mol. The van der Waals surface area contributed by atoms with Crippen LogP contribution in [0.3, 0.4) is 0 Å². The van der Waals surface area contributed by atoms with Crippen LogP contribution < -0.4 is 0 Å². The minimum atomic E-state index is -0.175. The molecule has 122 valence electrons. The predicted octanol–water partition coefficient (Wildman–Crippen LogP) is 3.25. The van der Waals surface area contributed by atoms with Gasteiger partial charge in [0.2, 0.25) is 5.91 Å². The Labute approximate surface area is 146 Å². The topological polar surface area (TPSA) is 46.1 Å². The second kappa shape index (κ2) is 6.26. The maximum atomic E-state index is 12.4. The molecule has 0 N–H and O–H groups in total. The van der Waals surface area contributed by atoms with Gasteiger partial charge in [0.05, 0.1) is 11.6 Å². The number of hydrogen-bond acceptors (Lipinski definition) is 3. The summed E-state index contributed by atoms with van der Waals surface area (Å²) in [7, 11) is 1.85. The number of aromatic nitrogens is 2. The van der Waals surface area contributed by atoms with Gasteiger partial charge in [0.25, 0.3) is 0 Å². The van der Waals surface area contributed by atoms with Gasteiger partial charge in [0.1, 0.15) is 5.15 Å². The lowest BCUT2D eigenvalue weighted by Gasteiger charge is -2.26. The van der Waals surface area contributed by atoms with E-state index in [9.17, 15) is 4.79 Å². The van der Waals surface area contributed by atoms with Crippen molar-refractivity contribution >= 4 is 17.5 Å². The second-order valence-electron chi connectivity index (χ2n) is 6.56. The molecule has 1 aliphatic rings. The molecule has 0 radical (unpaired) electrons. The Bertz CT molecular complexity index is 834. The summed E-state index contributed by atoms with van der Waals surface area (Å²) >= 11 is 5.84. The van der Waals surface area contributed by atoms with Crippen molar-refractivity contribution in [2.45, 2.75) is 31.7 Å². The van der Waals surface area contributed by atoms with E-state index < -0.39 is 0 Å². The van der Waals surface area contributed by atoms with Gasteiger partial charge in [-0.25, -0.2) is 4.98 Å². The zero-order valence-corrected chi connectivity index (χ0v) is 14.6. The largest absolute Gasteiger partial charge is 0.340 e. The highest BCUT2D eigenvalue weighted by Gasteiger charge is 2.43. The van der Waals surface area contributed by atoms with E-state index in [-0.39, 0.29) is 17.4 Å². The first-order valence-electron chi connectivity index (χ1n) is 7.74. The number of carbonyl (C=O) groups is 1. The quantitative estimate of drug-likeness (QED) is 0.592. The lowest BCUT2D eigenvalue weighted by Crippen LogP contribution is -2.37. The molecular weight excluding hydrogens is 322 g/mol. The zero-order valence-electron chi connectivity index (χ0n) is 13.9. The van der Waals surface area contributed by atoms with E-state index in [1.165, 1.54) is 0 Å². The lowest BCUT2D eigenvalue weighted by atomic mass is 9.93. The summed E-state index contributed by atoms with van der Waals surface area (Å²) in [5.41, 5.74) is 2.26. The van der Waals surface area contributed by atoms with E-state index in [1.807, 2.05) is 19.2 Å². The molecule has 0 bridgehead atoms. The highest BCUT2D eigenvalue weighted by Crippen LogP contribution is 2.37. The Morgan fingerprint density at radius 2 is 1.96 bits per heavy atom. The molecule has 3 heterocycles. The number of amides is 1. The van der Waals surface area contributed by atoms with Crippen molar-refractivity contribution in [2.75, 3.05) is 7.05 Å². The average Bonchev–Trinajstić information content (AvgIpc) is 2.77. The van der Waals surface area contributed by atoms with Crippen LogP contribution in [0.25, 0.3) is 0 Å². The first-order valence-corrected chi connectivity index (χ1v) is 8.12. The van der Waals surface area contributed by atoms with Gasteiger partial charge in [-0.05, 0) is 44.5 Å². The van der Waals surface area contributed by atoms with E-state index in [1.54, 1.807) is 29.4 Å². The molecule has 24 heavy (non-hydrogen) atoms. The molecule has 1 aliphatic heterocycles. The van der Waals surface area contributed by atoms with Gasteiger partial charge in [-0.1, -0.05) is 23.4 Å². The van der Waals surface area contributed by atoms with E-state index >= 15 is 0 Å². The van der Waals surface area contributed by atoms with E-state index in [2.05, 4.69) is 35.7 Å². The fourth-order valence-corrected chi connectivity index (χ4v) is 2.97. The van der Waals surface area contributed by atoms with Gasteiger partial charge in [-0.2, -0.15) is 0 Å². The Morgan fingerprint density at radius 3 is 2.54 bits per heavy atom. The molecular formula is C19H18ClN3O. The smallest absolute Gasteiger partial charge is 0.231 e. The summed E-state index contributed by atoms with van der Waals surface area (Å²) < 4.78 is 0. The molecule has 2 aromatic heterocycles. The molecule has 3 rings (SSSR count). The summed E-state index contributed by atoms with van der Waals surface area (Å²) in [5.74, 6) is 6.03. The number of rotatable bonds is 1. The molecule has 0 aromatic carbocycles. The van der Waals surface area contributed by atoms with Crippen LogP contribution in [0.1, 0.15) is 43.0 Å². The molecule has 5 heteroatoms. The fourth-order valence-electron chi connectivity index (χ4n) is 2.80. The van der Waals surface area contributed by atoms with Crippen molar-refractivity contribution in [3.8, 4) is 11.8 Å². The molecule has 4 nitrogen and oxygen atoms in total. The molecule has 0 unspecified atom stereocenters. The van der Waals surface area contributed by atoms with Gasteiger partial charge in [-0.15, -0.1) is 0 Å². The summed E-state index contributed by atoms with van der Waals surface area (Å²) in [6.07, 6.45) is 4.11. The first kappa shape index (κ1) is 16.5. The Kier molecular flexibility index (Phi) is 4.29. The third-order valence-electron chi connectivity index (χ3n) is 4.46. The van der Waals surface area contributed by atoms with Crippen LogP contribution in [0.4, 0.5) is 0 Å². The number of hydrogen-bond donors (Lipinski definition) is 0. The SMILES string of the molecule is CN1C(=O)[C@@H](c2ccc(C#Cc3ccnc(Cl)c3)cn2)CC1(C)C. The van der Waals surface area contributed by atoms with Crippen LogP contribution in [0.15, 0.2) is 36.7 Å². The van der Waals surface area contributed by atoms with Crippen LogP contribution in [-0.2, 0) is 4.79 Å². The third kappa shape index (κ3) is 3.27. The van der Waals surface area contributed by atoms with Crippen molar-refractivity contribution in [2.24, 2.45) is 0 Å². The zero-order chi connectivity index (χ0) is 17.3. The summed E-state index contributed by atoms with van der Waals surface area (Å²) in [6, 6.07) is 7.30.